The van der Waals surface area contributed by atoms with Gasteiger partial charge >= 0.3 is 0 Å². The fraction of sp³-hybridized carbons (Fsp3) is 0.188. The van der Waals surface area contributed by atoms with E-state index in [1.165, 1.54) is 6.07 Å². The number of benzene rings is 2. The first-order chi connectivity index (χ1) is 10.1. The van der Waals surface area contributed by atoms with Gasteiger partial charge in [-0.25, -0.2) is 0 Å². The van der Waals surface area contributed by atoms with E-state index in [2.05, 4.69) is 0 Å². The van der Waals surface area contributed by atoms with Gasteiger partial charge in [0.05, 0.1) is 10.5 Å². The number of rotatable bonds is 6. The molecule has 0 radical (unpaired) electrons. The maximum Gasteiger partial charge on any atom is 0.276 e. The van der Waals surface area contributed by atoms with E-state index < -0.39 is 4.92 Å². The lowest BCUT2D eigenvalue weighted by molar-refractivity contribution is -0.385. The molecule has 0 aliphatic heterocycles. The van der Waals surface area contributed by atoms with Gasteiger partial charge in [0, 0.05) is 18.1 Å². The second-order valence-electron chi connectivity index (χ2n) is 4.48. The number of carbonyl (C=O) groups is 1. The highest BCUT2D eigenvalue weighted by Crippen LogP contribution is 2.20. The maximum atomic E-state index is 11.5. The van der Waals surface area contributed by atoms with Crippen molar-refractivity contribution in [3.05, 3.63) is 69.8 Å². The number of nitro benzene ring substituents is 1. The summed E-state index contributed by atoms with van der Waals surface area (Å²) in [6.07, 6.45) is 0.455. The van der Waals surface area contributed by atoms with Crippen molar-refractivity contribution >= 4 is 11.5 Å². The van der Waals surface area contributed by atoms with E-state index >= 15 is 0 Å². The zero-order valence-electron chi connectivity index (χ0n) is 11.6. The molecule has 0 atom stereocenters. The Hall–Kier alpha value is -2.69. The minimum absolute atomic E-state index is 0.0373. The third kappa shape index (κ3) is 3.66. The Labute approximate surface area is 122 Å². The molecule has 21 heavy (non-hydrogen) atoms. The average Bonchev–Trinajstić information content (AvgIpc) is 2.52. The van der Waals surface area contributed by atoms with Crippen molar-refractivity contribution in [2.75, 3.05) is 0 Å². The van der Waals surface area contributed by atoms with Crippen molar-refractivity contribution in [2.45, 2.75) is 20.0 Å². The van der Waals surface area contributed by atoms with E-state index in [4.69, 9.17) is 4.74 Å². The summed E-state index contributed by atoms with van der Waals surface area (Å²) < 4.78 is 5.54. The number of nitro groups is 1. The first-order valence-electron chi connectivity index (χ1n) is 6.60. The third-order valence-corrected chi connectivity index (χ3v) is 3.08. The summed E-state index contributed by atoms with van der Waals surface area (Å²) in [4.78, 5) is 22.0. The van der Waals surface area contributed by atoms with Crippen LogP contribution in [0.5, 0.6) is 5.75 Å². The second kappa shape index (κ2) is 6.65. The standard InChI is InChI=1S/C16H15NO4/c1-2-16(18)12-7-9-14(10-8-12)21-11-13-5-3-4-6-15(13)17(19)20/h3-10H,2,11H2,1H3. The number of ketones is 1. The Balaban J connectivity index is 2.07. The largest absolute Gasteiger partial charge is 0.489 e. The summed E-state index contributed by atoms with van der Waals surface area (Å²) >= 11 is 0. The molecule has 108 valence electrons. The molecule has 0 saturated carbocycles. The molecule has 0 N–H and O–H groups in total. The SMILES string of the molecule is CCC(=O)c1ccc(OCc2ccccc2[N+](=O)[O-])cc1. The number of ether oxygens (including phenoxy) is 1. The van der Waals surface area contributed by atoms with Gasteiger partial charge < -0.3 is 4.74 Å². The molecule has 0 aliphatic rings. The summed E-state index contributed by atoms with van der Waals surface area (Å²) in [7, 11) is 0. The average molecular weight is 285 g/mol. The van der Waals surface area contributed by atoms with Crippen LogP contribution in [0.2, 0.25) is 0 Å². The lowest BCUT2D eigenvalue weighted by Crippen LogP contribution is -2.01. The molecule has 0 bridgehead atoms. The van der Waals surface area contributed by atoms with Crippen LogP contribution >= 0.6 is 0 Å². The Morgan fingerprint density at radius 2 is 1.81 bits per heavy atom. The van der Waals surface area contributed by atoms with Crippen LogP contribution in [0.1, 0.15) is 29.3 Å². The molecule has 2 aromatic carbocycles. The van der Waals surface area contributed by atoms with Gasteiger partial charge in [-0.1, -0.05) is 19.1 Å². The number of hydrogen-bond acceptors (Lipinski definition) is 4. The van der Waals surface area contributed by atoms with Crippen molar-refractivity contribution in [3.63, 3.8) is 0 Å². The molecule has 2 aromatic rings. The predicted octanol–water partition coefficient (Wildman–Crippen LogP) is 3.77. The lowest BCUT2D eigenvalue weighted by Gasteiger charge is -2.07. The topological polar surface area (TPSA) is 69.4 Å². The van der Waals surface area contributed by atoms with Gasteiger partial charge in [0.15, 0.2) is 5.78 Å². The van der Waals surface area contributed by atoms with Crippen LogP contribution < -0.4 is 4.74 Å². The number of carbonyl (C=O) groups excluding carboxylic acids is 1. The van der Waals surface area contributed by atoms with Crippen LogP contribution in [-0.4, -0.2) is 10.7 Å². The molecule has 0 aliphatic carbocycles. The quantitative estimate of drug-likeness (QED) is 0.460. The molecule has 0 fully saturated rings. The van der Waals surface area contributed by atoms with Crippen LogP contribution in [0, 0.1) is 10.1 Å². The summed E-state index contributed by atoms with van der Waals surface area (Å²) in [6.45, 7) is 1.92. The molecule has 0 aromatic heterocycles. The van der Waals surface area contributed by atoms with Gasteiger partial charge in [-0.15, -0.1) is 0 Å². The van der Waals surface area contributed by atoms with Gasteiger partial charge in [0.1, 0.15) is 12.4 Å². The van der Waals surface area contributed by atoms with Crippen LogP contribution in [0.3, 0.4) is 0 Å². The Morgan fingerprint density at radius 1 is 1.14 bits per heavy atom. The summed E-state index contributed by atoms with van der Waals surface area (Å²) in [6, 6.07) is 13.2. The van der Waals surface area contributed by atoms with Gasteiger partial charge in [-0.3, -0.25) is 14.9 Å². The predicted molar refractivity (Wildman–Crippen MR) is 78.5 cm³/mol. The highest BCUT2D eigenvalue weighted by Gasteiger charge is 2.12. The molecule has 0 saturated heterocycles. The Bertz CT molecular complexity index is 650. The van der Waals surface area contributed by atoms with E-state index in [1.807, 2.05) is 0 Å². The minimum atomic E-state index is -0.429. The second-order valence-corrected chi connectivity index (χ2v) is 4.48. The fourth-order valence-electron chi connectivity index (χ4n) is 1.91. The van der Waals surface area contributed by atoms with Crippen molar-refractivity contribution in [2.24, 2.45) is 0 Å². The third-order valence-electron chi connectivity index (χ3n) is 3.08. The van der Waals surface area contributed by atoms with E-state index in [0.29, 0.717) is 23.3 Å². The zero-order chi connectivity index (χ0) is 15.2. The van der Waals surface area contributed by atoms with E-state index in [-0.39, 0.29) is 18.1 Å². The zero-order valence-corrected chi connectivity index (χ0v) is 11.6. The highest BCUT2D eigenvalue weighted by atomic mass is 16.6. The molecule has 0 unspecified atom stereocenters. The molecule has 0 amide bonds. The first kappa shape index (κ1) is 14.7. The monoisotopic (exact) mass is 285 g/mol. The molecule has 0 heterocycles. The van der Waals surface area contributed by atoms with Gasteiger partial charge in [0.25, 0.3) is 5.69 Å². The Kier molecular flexibility index (Phi) is 4.66. The summed E-state index contributed by atoms with van der Waals surface area (Å²) in [5.41, 5.74) is 1.18. The van der Waals surface area contributed by atoms with Crippen molar-refractivity contribution in [3.8, 4) is 5.75 Å². The summed E-state index contributed by atoms with van der Waals surface area (Å²) in [5, 5.41) is 10.9. The number of Topliss-reactive ketones (excluding diaryl/α,β-unsaturated/α-hetero) is 1. The maximum absolute atomic E-state index is 11.5. The van der Waals surface area contributed by atoms with Crippen LogP contribution in [0.15, 0.2) is 48.5 Å². The number of hydrogen-bond donors (Lipinski definition) is 0. The lowest BCUT2D eigenvalue weighted by atomic mass is 10.1. The van der Waals surface area contributed by atoms with Gasteiger partial charge in [0.2, 0.25) is 0 Å². The molecule has 5 nitrogen and oxygen atoms in total. The molecule has 0 spiro atoms. The normalized spacial score (nSPS) is 10.1. The van der Waals surface area contributed by atoms with Gasteiger partial charge in [-0.2, -0.15) is 0 Å². The van der Waals surface area contributed by atoms with Crippen molar-refractivity contribution in [1.82, 2.24) is 0 Å². The number of para-hydroxylation sites is 1. The molecule has 2 rings (SSSR count). The Morgan fingerprint density at radius 3 is 2.43 bits per heavy atom. The van der Waals surface area contributed by atoms with Crippen LogP contribution in [-0.2, 0) is 6.61 Å². The molecule has 5 heteroatoms. The molecular formula is C16H15NO4. The van der Waals surface area contributed by atoms with Crippen molar-refractivity contribution < 1.29 is 14.5 Å². The minimum Gasteiger partial charge on any atom is -0.489 e. The highest BCUT2D eigenvalue weighted by molar-refractivity contribution is 5.95. The van der Waals surface area contributed by atoms with Crippen molar-refractivity contribution in [1.29, 1.82) is 0 Å². The summed E-state index contributed by atoms with van der Waals surface area (Å²) in [5.74, 6) is 0.640. The van der Waals surface area contributed by atoms with E-state index in [0.717, 1.165) is 0 Å². The molecular weight excluding hydrogens is 270 g/mol. The van der Waals surface area contributed by atoms with Crippen LogP contribution in [0.25, 0.3) is 0 Å². The van der Waals surface area contributed by atoms with Crippen LogP contribution in [0.4, 0.5) is 5.69 Å². The fourth-order valence-corrected chi connectivity index (χ4v) is 1.91. The smallest absolute Gasteiger partial charge is 0.276 e. The first-order valence-corrected chi connectivity index (χ1v) is 6.60. The number of nitrogens with zero attached hydrogens (tertiary/aromatic N) is 1. The van der Waals surface area contributed by atoms with E-state index in [1.54, 1.807) is 49.4 Å². The van der Waals surface area contributed by atoms with E-state index in [9.17, 15) is 14.9 Å². The van der Waals surface area contributed by atoms with Gasteiger partial charge in [-0.05, 0) is 30.3 Å².